The van der Waals surface area contributed by atoms with Crippen molar-refractivity contribution in [3.63, 3.8) is 0 Å². The molecule has 0 saturated heterocycles. The molecule has 116 valence electrons. The standard InChI is InChI=1S/C13H16F3N3O2/c14-13(15,16)10-5-2-1-4-9(10)12(21)19-8-11(20)18-7-3-6-17/h1-2,4-5H,3,6-8,17H2,(H,18,20)(H,19,21). The van der Waals surface area contributed by atoms with E-state index in [1.807, 2.05) is 0 Å². The maximum Gasteiger partial charge on any atom is 0.417 e. The SMILES string of the molecule is NCCCNC(=O)CNC(=O)c1ccccc1C(F)(F)F. The van der Waals surface area contributed by atoms with Gasteiger partial charge in [0.1, 0.15) is 0 Å². The summed E-state index contributed by atoms with van der Waals surface area (Å²) in [4.78, 5) is 23.1. The first-order valence-electron chi connectivity index (χ1n) is 6.27. The first kappa shape index (κ1) is 17.0. The molecule has 5 nitrogen and oxygen atoms in total. The number of carbonyl (C=O) groups excluding carboxylic acids is 2. The Morgan fingerprint density at radius 1 is 1.14 bits per heavy atom. The minimum Gasteiger partial charge on any atom is -0.355 e. The molecule has 0 unspecified atom stereocenters. The van der Waals surface area contributed by atoms with Gasteiger partial charge in [-0.15, -0.1) is 0 Å². The first-order chi connectivity index (χ1) is 9.86. The molecular weight excluding hydrogens is 287 g/mol. The quantitative estimate of drug-likeness (QED) is 0.683. The van der Waals surface area contributed by atoms with Crippen LogP contribution in [0.2, 0.25) is 0 Å². The molecule has 0 bridgehead atoms. The van der Waals surface area contributed by atoms with Gasteiger partial charge in [-0.2, -0.15) is 13.2 Å². The van der Waals surface area contributed by atoms with Crippen molar-refractivity contribution in [3.05, 3.63) is 35.4 Å². The molecule has 0 heterocycles. The molecule has 0 saturated carbocycles. The molecule has 0 radical (unpaired) electrons. The molecule has 0 fully saturated rings. The van der Waals surface area contributed by atoms with E-state index in [2.05, 4.69) is 10.6 Å². The molecule has 4 N–H and O–H groups in total. The van der Waals surface area contributed by atoms with Gasteiger partial charge in [-0.05, 0) is 25.1 Å². The van der Waals surface area contributed by atoms with E-state index >= 15 is 0 Å². The van der Waals surface area contributed by atoms with Gasteiger partial charge < -0.3 is 16.4 Å². The summed E-state index contributed by atoms with van der Waals surface area (Å²) in [7, 11) is 0. The Hall–Kier alpha value is -2.09. The van der Waals surface area contributed by atoms with Gasteiger partial charge in [0.05, 0.1) is 17.7 Å². The molecule has 0 aromatic heterocycles. The van der Waals surface area contributed by atoms with E-state index in [4.69, 9.17) is 5.73 Å². The van der Waals surface area contributed by atoms with Crippen LogP contribution in [0.4, 0.5) is 13.2 Å². The van der Waals surface area contributed by atoms with Crippen molar-refractivity contribution in [1.82, 2.24) is 10.6 Å². The van der Waals surface area contributed by atoms with E-state index < -0.39 is 35.7 Å². The molecule has 1 aromatic rings. The Morgan fingerprint density at radius 2 is 1.81 bits per heavy atom. The molecule has 21 heavy (non-hydrogen) atoms. The molecule has 2 amide bonds. The van der Waals surface area contributed by atoms with Gasteiger partial charge in [0.25, 0.3) is 5.91 Å². The maximum absolute atomic E-state index is 12.7. The number of hydrogen-bond acceptors (Lipinski definition) is 3. The second-order valence-corrected chi connectivity index (χ2v) is 4.22. The Kier molecular flexibility index (Phi) is 6.16. The summed E-state index contributed by atoms with van der Waals surface area (Å²) >= 11 is 0. The third kappa shape index (κ3) is 5.42. The number of nitrogens with two attached hydrogens (primary N) is 1. The number of hydrogen-bond donors (Lipinski definition) is 3. The predicted octanol–water partition coefficient (Wildman–Crippen LogP) is 0.900. The van der Waals surface area contributed by atoms with Crippen molar-refractivity contribution in [2.75, 3.05) is 19.6 Å². The molecule has 0 aliphatic heterocycles. The molecular formula is C13H16F3N3O2. The fourth-order valence-corrected chi connectivity index (χ4v) is 1.58. The second kappa shape index (κ2) is 7.63. The minimum atomic E-state index is -4.63. The van der Waals surface area contributed by atoms with Gasteiger partial charge in [0, 0.05) is 6.54 Å². The Bertz CT molecular complexity index is 504. The number of halogens is 3. The minimum absolute atomic E-state index is 0.352. The highest BCUT2D eigenvalue weighted by molar-refractivity contribution is 5.97. The summed E-state index contributed by atoms with van der Waals surface area (Å²) in [6.07, 6.45) is -4.05. The number of amides is 2. The van der Waals surface area contributed by atoms with E-state index in [9.17, 15) is 22.8 Å². The zero-order chi connectivity index (χ0) is 15.9. The topological polar surface area (TPSA) is 84.2 Å². The number of carbonyl (C=O) groups is 2. The smallest absolute Gasteiger partial charge is 0.355 e. The van der Waals surface area contributed by atoms with Crippen LogP contribution in [-0.2, 0) is 11.0 Å². The molecule has 1 aromatic carbocycles. The third-order valence-corrected chi connectivity index (χ3v) is 2.59. The summed E-state index contributed by atoms with van der Waals surface area (Å²) in [5.74, 6) is -1.43. The highest BCUT2D eigenvalue weighted by Gasteiger charge is 2.34. The summed E-state index contributed by atoms with van der Waals surface area (Å²) in [6, 6.07) is 4.39. The lowest BCUT2D eigenvalue weighted by Crippen LogP contribution is -2.38. The van der Waals surface area contributed by atoms with Crippen LogP contribution in [-0.4, -0.2) is 31.4 Å². The lowest BCUT2D eigenvalue weighted by Gasteiger charge is -2.12. The maximum atomic E-state index is 12.7. The first-order valence-corrected chi connectivity index (χ1v) is 6.27. The van der Waals surface area contributed by atoms with Gasteiger partial charge in [-0.25, -0.2) is 0 Å². The average Bonchev–Trinajstić information content (AvgIpc) is 2.44. The second-order valence-electron chi connectivity index (χ2n) is 4.22. The van der Waals surface area contributed by atoms with Crippen LogP contribution in [0.1, 0.15) is 22.3 Å². The highest BCUT2D eigenvalue weighted by Crippen LogP contribution is 2.31. The van der Waals surface area contributed by atoms with Crippen LogP contribution in [0, 0.1) is 0 Å². The van der Waals surface area contributed by atoms with Gasteiger partial charge >= 0.3 is 6.18 Å². The lowest BCUT2D eigenvalue weighted by atomic mass is 10.1. The number of benzene rings is 1. The summed E-state index contributed by atoms with van der Waals surface area (Å²) in [5.41, 5.74) is 3.69. The van der Waals surface area contributed by atoms with E-state index in [-0.39, 0.29) is 0 Å². The van der Waals surface area contributed by atoms with Crippen LogP contribution in [0.5, 0.6) is 0 Å². The molecule has 8 heteroatoms. The van der Waals surface area contributed by atoms with E-state index in [1.54, 1.807) is 0 Å². The fraction of sp³-hybridized carbons (Fsp3) is 0.385. The molecule has 0 atom stereocenters. The van der Waals surface area contributed by atoms with E-state index in [0.29, 0.717) is 19.5 Å². The van der Waals surface area contributed by atoms with Crippen molar-refractivity contribution >= 4 is 11.8 Å². The zero-order valence-electron chi connectivity index (χ0n) is 11.2. The van der Waals surface area contributed by atoms with Gasteiger partial charge in [0.15, 0.2) is 0 Å². The highest BCUT2D eigenvalue weighted by atomic mass is 19.4. The third-order valence-electron chi connectivity index (χ3n) is 2.59. The van der Waals surface area contributed by atoms with E-state index in [0.717, 1.165) is 12.1 Å². The van der Waals surface area contributed by atoms with Crippen LogP contribution in [0.3, 0.4) is 0 Å². The van der Waals surface area contributed by atoms with Crippen LogP contribution >= 0.6 is 0 Å². The molecule has 0 aliphatic carbocycles. The Morgan fingerprint density at radius 3 is 2.43 bits per heavy atom. The number of rotatable bonds is 6. The normalized spacial score (nSPS) is 11.0. The predicted molar refractivity (Wildman–Crippen MR) is 70.5 cm³/mol. The lowest BCUT2D eigenvalue weighted by molar-refractivity contribution is -0.137. The van der Waals surface area contributed by atoms with E-state index in [1.165, 1.54) is 12.1 Å². The Balaban J connectivity index is 2.63. The van der Waals surface area contributed by atoms with Gasteiger partial charge in [-0.1, -0.05) is 12.1 Å². The van der Waals surface area contributed by atoms with Crippen molar-refractivity contribution in [2.45, 2.75) is 12.6 Å². The van der Waals surface area contributed by atoms with Crippen molar-refractivity contribution in [3.8, 4) is 0 Å². The van der Waals surface area contributed by atoms with Crippen molar-refractivity contribution in [1.29, 1.82) is 0 Å². The number of alkyl halides is 3. The number of nitrogens with one attached hydrogen (secondary N) is 2. The van der Waals surface area contributed by atoms with Crippen molar-refractivity contribution in [2.24, 2.45) is 5.73 Å². The molecule has 0 aliphatic rings. The van der Waals surface area contributed by atoms with Crippen LogP contribution < -0.4 is 16.4 Å². The fourth-order valence-electron chi connectivity index (χ4n) is 1.58. The zero-order valence-corrected chi connectivity index (χ0v) is 11.2. The average molecular weight is 303 g/mol. The summed E-state index contributed by atoms with van der Waals surface area (Å²) in [5, 5.41) is 4.64. The van der Waals surface area contributed by atoms with Crippen molar-refractivity contribution < 1.29 is 22.8 Å². The summed E-state index contributed by atoms with van der Waals surface area (Å²) < 4.78 is 38.2. The molecule has 1 rings (SSSR count). The largest absolute Gasteiger partial charge is 0.417 e. The monoisotopic (exact) mass is 303 g/mol. The van der Waals surface area contributed by atoms with Gasteiger partial charge in [0.2, 0.25) is 5.91 Å². The molecule has 0 spiro atoms. The van der Waals surface area contributed by atoms with Crippen LogP contribution in [0.25, 0.3) is 0 Å². The summed E-state index contributed by atoms with van der Waals surface area (Å²) in [6.45, 7) is 0.367. The van der Waals surface area contributed by atoms with Crippen LogP contribution in [0.15, 0.2) is 24.3 Å². The van der Waals surface area contributed by atoms with Gasteiger partial charge in [-0.3, -0.25) is 9.59 Å². The Labute approximate surface area is 119 Å².